The Labute approximate surface area is 115 Å². The minimum atomic E-state index is 1.11. The third-order valence-electron chi connectivity index (χ3n) is 3.10. The lowest BCUT2D eigenvalue weighted by Gasteiger charge is -2.01. The fraction of sp³-hybridized carbons (Fsp3) is 0.667. The fourth-order valence-electron chi connectivity index (χ4n) is 1.94. The minimum Gasteiger partial charge on any atom is -0.0888 e. The van der Waals surface area contributed by atoms with E-state index in [9.17, 15) is 0 Å². The first-order valence-corrected chi connectivity index (χ1v) is 7.76. The molecular weight excluding hydrogens is 216 g/mol. The molecule has 0 aliphatic rings. The summed E-state index contributed by atoms with van der Waals surface area (Å²) in [4.78, 5) is 0. The molecule has 0 bridgehead atoms. The van der Waals surface area contributed by atoms with Crippen LogP contribution in [-0.4, -0.2) is 0 Å². The van der Waals surface area contributed by atoms with Crippen LogP contribution in [0.3, 0.4) is 0 Å². The lowest BCUT2D eigenvalue weighted by molar-refractivity contribution is 0.643. The third-order valence-corrected chi connectivity index (χ3v) is 3.10. The van der Waals surface area contributed by atoms with Crippen LogP contribution < -0.4 is 0 Å². The quantitative estimate of drug-likeness (QED) is 0.285. The van der Waals surface area contributed by atoms with Crippen molar-refractivity contribution in [1.29, 1.82) is 0 Å². The molecule has 104 valence electrons. The average molecular weight is 248 g/mol. The number of hydrogen-bond acceptors (Lipinski definition) is 0. The highest BCUT2D eigenvalue weighted by molar-refractivity contribution is 5.01. The Balaban J connectivity index is 3.37. The average Bonchev–Trinajstić information content (AvgIpc) is 2.38. The molecule has 0 amide bonds. The molecule has 0 fully saturated rings. The summed E-state index contributed by atoms with van der Waals surface area (Å²) in [5, 5.41) is 0. The van der Waals surface area contributed by atoms with Gasteiger partial charge >= 0.3 is 0 Å². The van der Waals surface area contributed by atoms with Gasteiger partial charge in [0.25, 0.3) is 0 Å². The molecule has 0 aromatic rings. The molecule has 0 aromatic heterocycles. The van der Waals surface area contributed by atoms with Crippen LogP contribution in [0.2, 0.25) is 0 Å². The zero-order chi connectivity index (χ0) is 13.5. The first-order chi connectivity index (χ1) is 8.81. The van der Waals surface area contributed by atoms with Gasteiger partial charge in [0, 0.05) is 0 Å². The fourth-order valence-corrected chi connectivity index (χ4v) is 1.94. The molecule has 0 unspecified atom stereocenters. The van der Waals surface area contributed by atoms with Crippen LogP contribution in [0.25, 0.3) is 0 Å². The summed E-state index contributed by atoms with van der Waals surface area (Å²) in [5.41, 5.74) is 1.56. The molecule has 0 aliphatic heterocycles. The van der Waals surface area contributed by atoms with Crippen LogP contribution in [0.1, 0.15) is 78.6 Å². The molecule has 0 saturated heterocycles. The summed E-state index contributed by atoms with van der Waals surface area (Å²) in [6, 6.07) is 0. The van der Waals surface area contributed by atoms with E-state index in [0.29, 0.717) is 0 Å². The molecule has 0 atom stereocenters. The van der Waals surface area contributed by atoms with Crippen LogP contribution >= 0.6 is 0 Å². The van der Waals surface area contributed by atoms with Crippen LogP contribution in [0.5, 0.6) is 0 Å². The third kappa shape index (κ3) is 13.3. The molecule has 0 saturated carbocycles. The van der Waals surface area contributed by atoms with Gasteiger partial charge in [-0.3, -0.25) is 0 Å². The molecule has 18 heavy (non-hydrogen) atoms. The van der Waals surface area contributed by atoms with Gasteiger partial charge in [0.2, 0.25) is 0 Å². The van der Waals surface area contributed by atoms with Crippen molar-refractivity contribution in [2.24, 2.45) is 0 Å². The highest BCUT2D eigenvalue weighted by Crippen LogP contribution is 2.11. The van der Waals surface area contributed by atoms with Crippen LogP contribution in [0.4, 0.5) is 0 Å². The van der Waals surface area contributed by atoms with Gasteiger partial charge in [0.15, 0.2) is 0 Å². The van der Waals surface area contributed by atoms with E-state index in [2.05, 4.69) is 51.2 Å². The maximum atomic E-state index is 2.37. The largest absolute Gasteiger partial charge is 0.0888 e. The molecule has 0 nitrogen and oxygen atoms in total. The summed E-state index contributed by atoms with van der Waals surface area (Å²) in [5.74, 6) is 0. The van der Waals surface area contributed by atoms with Gasteiger partial charge in [-0.05, 0) is 51.9 Å². The Hall–Kier alpha value is -0.780. The summed E-state index contributed by atoms with van der Waals surface area (Å²) < 4.78 is 0. The smallest absolute Gasteiger partial charge is 0.0167 e. The molecule has 0 heteroatoms. The SMILES string of the molecule is CCC=CCC=C(C)CCCCCCC=CCC. The van der Waals surface area contributed by atoms with Gasteiger partial charge in [-0.15, -0.1) is 0 Å². The summed E-state index contributed by atoms with van der Waals surface area (Å²) in [7, 11) is 0. The Morgan fingerprint density at radius 3 is 2.17 bits per heavy atom. The van der Waals surface area contributed by atoms with Crippen molar-refractivity contribution in [2.75, 3.05) is 0 Å². The van der Waals surface area contributed by atoms with E-state index in [4.69, 9.17) is 0 Å². The lowest BCUT2D eigenvalue weighted by atomic mass is 10.1. The van der Waals surface area contributed by atoms with Gasteiger partial charge in [-0.25, -0.2) is 0 Å². The van der Waals surface area contributed by atoms with Gasteiger partial charge in [0.05, 0.1) is 0 Å². The van der Waals surface area contributed by atoms with E-state index in [1.165, 1.54) is 44.9 Å². The van der Waals surface area contributed by atoms with E-state index >= 15 is 0 Å². The van der Waals surface area contributed by atoms with Gasteiger partial charge < -0.3 is 0 Å². The zero-order valence-electron chi connectivity index (χ0n) is 12.8. The molecule has 0 spiro atoms. The Kier molecular flexibility index (Phi) is 13.7. The maximum Gasteiger partial charge on any atom is -0.0167 e. The minimum absolute atomic E-state index is 1.11. The van der Waals surface area contributed by atoms with Crippen molar-refractivity contribution in [3.05, 3.63) is 36.0 Å². The number of unbranched alkanes of at least 4 members (excludes halogenated alkanes) is 4. The van der Waals surface area contributed by atoms with Crippen LogP contribution in [0, 0.1) is 0 Å². The highest BCUT2D eigenvalue weighted by Gasteiger charge is 1.91. The van der Waals surface area contributed by atoms with Gasteiger partial charge in [-0.2, -0.15) is 0 Å². The van der Waals surface area contributed by atoms with Crippen molar-refractivity contribution in [3.8, 4) is 0 Å². The van der Waals surface area contributed by atoms with E-state index in [1.807, 2.05) is 0 Å². The lowest BCUT2D eigenvalue weighted by Crippen LogP contribution is -1.81. The Morgan fingerprint density at radius 1 is 0.778 bits per heavy atom. The molecule has 0 rings (SSSR count). The standard InChI is InChI=1S/C18H32/c1-4-6-8-10-11-12-13-15-17-18(3)16-14-9-7-5-2/h6-9,16H,4-5,10-15,17H2,1-3H3. The van der Waals surface area contributed by atoms with Crippen LogP contribution in [-0.2, 0) is 0 Å². The normalized spacial score (nSPS) is 12.9. The van der Waals surface area contributed by atoms with E-state index in [-0.39, 0.29) is 0 Å². The maximum absolute atomic E-state index is 2.37. The van der Waals surface area contributed by atoms with E-state index in [1.54, 1.807) is 5.57 Å². The first-order valence-electron chi connectivity index (χ1n) is 7.76. The van der Waals surface area contributed by atoms with Gasteiger partial charge in [0.1, 0.15) is 0 Å². The van der Waals surface area contributed by atoms with Crippen molar-refractivity contribution in [3.63, 3.8) is 0 Å². The van der Waals surface area contributed by atoms with E-state index < -0.39 is 0 Å². The molecule has 0 aliphatic carbocycles. The summed E-state index contributed by atoms with van der Waals surface area (Å²) in [6.45, 7) is 6.65. The predicted molar refractivity (Wildman–Crippen MR) is 84.9 cm³/mol. The van der Waals surface area contributed by atoms with Crippen molar-refractivity contribution < 1.29 is 0 Å². The molecule has 0 heterocycles. The number of rotatable bonds is 11. The van der Waals surface area contributed by atoms with Crippen molar-refractivity contribution >= 4 is 0 Å². The molecule has 0 N–H and O–H groups in total. The van der Waals surface area contributed by atoms with Crippen molar-refractivity contribution in [2.45, 2.75) is 78.6 Å². The van der Waals surface area contributed by atoms with Gasteiger partial charge in [-0.1, -0.05) is 62.6 Å². The first kappa shape index (κ1) is 17.2. The molecule has 0 aromatic carbocycles. The van der Waals surface area contributed by atoms with E-state index in [0.717, 1.165) is 12.8 Å². The Bertz CT molecular complexity index is 243. The van der Waals surface area contributed by atoms with Crippen LogP contribution in [0.15, 0.2) is 36.0 Å². The molecule has 0 radical (unpaired) electrons. The second-order valence-electron chi connectivity index (χ2n) is 5.00. The second-order valence-corrected chi connectivity index (χ2v) is 5.00. The second kappa shape index (κ2) is 14.3. The topological polar surface area (TPSA) is 0 Å². The van der Waals surface area contributed by atoms with Crippen molar-refractivity contribution in [1.82, 2.24) is 0 Å². The number of hydrogen-bond donors (Lipinski definition) is 0. The monoisotopic (exact) mass is 248 g/mol. The Morgan fingerprint density at radius 2 is 1.44 bits per heavy atom. The zero-order valence-corrected chi connectivity index (χ0v) is 12.8. The highest BCUT2D eigenvalue weighted by atomic mass is 14.0. The molecular formula is C18H32. The summed E-state index contributed by atoms with van der Waals surface area (Å²) in [6.07, 6.45) is 23.0. The summed E-state index contributed by atoms with van der Waals surface area (Å²) >= 11 is 0. The number of allylic oxidation sites excluding steroid dienone is 6. The predicted octanol–water partition coefficient (Wildman–Crippen LogP) is 6.60.